The van der Waals surface area contributed by atoms with Gasteiger partial charge in [0.25, 0.3) is 0 Å². The second-order valence-corrected chi connectivity index (χ2v) is 9.20. The van der Waals surface area contributed by atoms with E-state index in [0.29, 0.717) is 16.9 Å². The molecule has 0 aliphatic heterocycles. The van der Waals surface area contributed by atoms with E-state index in [-0.39, 0.29) is 16.4 Å². The predicted molar refractivity (Wildman–Crippen MR) is 116 cm³/mol. The lowest BCUT2D eigenvalue weighted by Gasteiger charge is -2.29. The average molecular weight is 395 g/mol. The molecule has 0 aliphatic rings. The van der Waals surface area contributed by atoms with E-state index in [1.165, 1.54) is 12.1 Å². The number of ether oxygens (including phenoxy) is 1. The van der Waals surface area contributed by atoms with Crippen LogP contribution in [0.3, 0.4) is 0 Å². The number of hydrogen-bond acceptors (Lipinski definition) is 3. The van der Waals surface area contributed by atoms with Gasteiger partial charge in [-0.2, -0.15) is 0 Å². The highest BCUT2D eigenvalue weighted by atomic mass is 16.5. The largest absolute Gasteiger partial charge is 0.496 e. The van der Waals surface area contributed by atoms with Gasteiger partial charge >= 0.3 is 5.97 Å². The summed E-state index contributed by atoms with van der Waals surface area (Å²) in [6, 6.07) is 10.4. The number of hydrogen-bond donors (Lipinski definition) is 2. The standard InChI is InChI=1S/C25H30O4/c1-24(2,3)18-14-19(22(29-7)20(15-18)25(4,5)6)21(26)13-10-16-8-11-17(12-9-16)23(27)28/h8-9,11-12,14-15,21,26H,1-7H3,(H,27,28). The van der Waals surface area contributed by atoms with Gasteiger partial charge in [-0.1, -0.05) is 59.4 Å². The summed E-state index contributed by atoms with van der Waals surface area (Å²) in [6.07, 6.45) is -1.03. The van der Waals surface area contributed by atoms with Gasteiger partial charge in [-0.25, -0.2) is 4.79 Å². The van der Waals surface area contributed by atoms with Crippen molar-refractivity contribution in [1.82, 2.24) is 0 Å². The number of benzene rings is 2. The van der Waals surface area contributed by atoms with Crippen LogP contribution < -0.4 is 4.74 Å². The third-order valence-electron chi connectivity index (χ3n) is 4.78. The molecule has 2 rings (SSSR count). The van der Waals surface area contributed by atoms with Crippen LogP contribution in [0.4, 0.5) is 0 Å². The summed E-state index contributed by atoms with van der Waals surface area (Å²) in [5, 5.41) is 19.9. The Morgan fingerprint density at radius 1 is 1.00 bits per heavy atom. The SMILES string of the molecule is COc1c(C(O)C#Cc2ccc(C(=O)O)cc2)cc(C(C)(C)C)cc1C(C)(C)C. The van der Waals surface area contributed by atoms with E-state index in [9.17, 15) is 9.90 Å². The number of carboxylic acids is 1. The van der Waals surface area contributed by atoms with Gasteiger partial charge in [-0.15, -0.1) is 0 Å². The predicted octanol–water partition coefficient (Wildman–Crippen LogP) is 5.07. The van der Waals surface area contributed by atoms with Crippen LogP contribution in [0.1, 0.15) is 80.3 Å². The van der Waals surface area contributed by atoms with Crippen LogP contribution in [0, 0.1) is 11.8 Å². The van der Waals surface area contributed by atoms with Crippen molar-refractivity contribution in [3.63, 3.8) is 0 Å². The van der Waals surface area contributed by atoms with E-state index in [1.54, 1.807) is 19.2 Å². The summed E-state index contributed by atoms with van der Waals surface area (Å²) < 4.78 is 5.69. The Labute approximate surface area is 173 Å². The van der Waals surface area contributed by atoms with E-state index < -0.39 is 12.1 Å². The molecule has 2 aromatic carbocycles. The number of aromatic carboxylic acids is 1. The number of carbonyl (C=O) groups is 1. The maximum atomic E-state index is 11.0. The van der Waals surface area contributed by atoms with Gasteiger partial charge in [-0.3, -0.25) is 0 Å². The zero-order valence-corrected chi connectivity index (χ0v) is 18.3. The van der Waals surface area contributed by atoms with Crippen molar-refractivity contribution in [2.75, 3.05) is 7.11 Å². The molecule has 2 aromatic rings. The van der Waals surface area contributed by atoms with Gasteiger partial charge in [0.1, 0.15) is 11.9 Å². The van der Waals surface area contributed by atoms with E-state index in [1.807, 2.05) is 6.07 Å². The van der Waals surface area contributed by atoms with Crippen LogP contribution in [0.25, 0.3) is 0 Å². The Balaban J connectivity index is 2.53. The van der Waals surface area contributed by atoms with Crippen LogP contribution in [-0.2, 0) is 10.8 Å². The lowest BCUT2D eigenvalue weighted by molar-refractivity contribution is 0.0697. The highest BCUT2D eigenvalue weighted by molar-refractivity contribution is 5.87. The number of aliphatic hydroxyl groups is 1. The molecule has 0 saturated heterocycles. The molecule has 154 valence electrons. The maximum Gasteiger partial charge on any atom is 0.335 e. The van der Waals surface area contributed by atoms with Gasteiger partial charge in [0, 0.05) is 16.7 Å². The van der Waals surface area contributed by atoms with Gasteiger partial charge in [-0.05, 0) is 46.7 Å². The van der Waals surface area contributed by atoms with Crippen LogP contribution in [0.2, 0.25) is 0 Å². The molecule has 0 amide bonds. The number of methoxy groups -OCH3 is 1. The monoisotopic (exact) mass is 394 g/mol. The fraction of sp³-hybridized carbons (Fsp3) is 0.400. The van der Waals surface area contributed by atoms with Gasteiger partial charge in [0.15, 0.2) is 0 Å². The second kappa shape index (κ2) is 8.31. The molecule has 0 spiro atoms. The van der Waals surface area contributed by atoms with Crippen molar-refractivity contribution >= 4 is 5.97 Å². The Hall–Kier alpha value is -2.77. The minimum Gasteiger partial charge on any atom is -0.496 e. The quantitative estimate of drug-likeness (QED) is 0.713. The molecule has 0 bridgehead atoms. The first kappa shape index (κ1) is 22.5. The Morgan fingerprint density at radius 3 is 2.03 bits per heavy atom. The molecular formula is C25H30O4. The van der Waals surface area contributed by atoms with Crippen molar-refractivity contribution in [2.45, 2.75) is 58.5 Å². The van der Waals surface area contributed by atoms with Crippen molar-refractivity contribution in [2.24, 2.45) is 0 Å². The van der Waals surface area contributed by atoms with Crippen LogP contribution >= 0.6 is 0 Å². The average Bonchev–Trinajstić information content (AvgIpc) is 2.63. The molecule has 0 fully saturated rings. The normalized spacial score (nSPS) is 12.7. The first-order valence-corrected chi connectivity index (χ1v) is 9.60. The zero-order valence-electron chi connectivity index (χ0n) is 18.3. The molecule has 4 nitrogen and oxygen atoms in total. The summed E-state index contributed by atoms with van der Waals surface area (Å²) in [5.74, 6) is 5.47. The number of aliphatic hydroxyl groups excluding tert-OH is 1. The molecule has 0 radical (unpaired) electrons. The molecule has 1 unspecified atom stereocenters. The number of rotatable bonds is 3. The Morgan fingerprint density at radius 2 is 1.59 bits per heavy atom. The summed E-state index contributed by atoms with van der Waals surface area (Å²) in [5.41, 5.74) is 3.34. The van der Waals surface area contributed by atoms with E-state index in [0.717, 1.165) is 11.1 Å². The van der Waals surface area contributed by atoms with E-state index >= 15 is 0 Å². The lowest BCUT2D eigenvalue weighted by Crippen LogP contribution is -2.19. The molecule has 1 atom stereocenters. The van der Waals surface area contributed by atoms with Crippen LogP contribution in [0.15, 0.2) is 36.4 Å². The molecule has 29 heavy (non-hydrogen) atoms. The van der Waals surface area contributed by atoms with Crippen molar-refractivity contribution in [1.29, 1.82) is 0 Å². The molecule has 0 saturated carbocycles. The minimum atomic E-state index is -1.03. The topological polar surface area (TPSA) is 66.8 Å². The van der Waals surface area contributed by atoms with E-state index in [4.69, 9.17) is 9.84 Å². The summed E-state index contributed by atoms with van der Waals surface area (Å²) in [6.45, 7) is 12.7. The minimum absolute atomic E-state index is 0.0964. The molecule has 0 aliphatic carbocycles. The Bertz CT molecular complexity index is 946. The maximum absolute atomic E-state index is 11.0. The molecule has 0 heterocycles. The zero-order chi connectivity index (χ0) is 22.0. The van der Waals surface area contributed by atoms with Crippen molar-refractivity contribution in [3.8, 4) is 17.6 Å². The first-order valence-electron chi connectivity index (χ1n) is 9.60. The summed E-state index contributed by atoms with van der Waals surface area (Å²) >= 11 is 0. The summed E-state index contributed by atoms with van der Waals surface area (Å²) in [4.78, 5) is 11.0. The molecule has 0 aromatic heterocycles. The fourth-order valence-electron chi connectivity index (χ4n) is 3.00. The first-order chi connectivity index (χ1) is 13.3. The molecule has 4 heteroatoms. The van der Waals surface area contributed by atoms with Gasteiger partial charge in [0.2, 0.25) is 0 Å². The molecule has 2 N–H and O–H groups in total. The van der Waals surface area contributed by atoms with Gasteiger partial charge in [0.05, 0.1) is 12.7 Å². The second-order valence-electron chi connectivity index (χ2n) is 9.20. The molecular weight excluding hydrogens is 364 g/mol. The smallest absolute Gasteiger partial charge is 0.335 e. The fourth-order valence-corrected chi connectivity index (χ4v) is 3.00. The van der Waals surface area contributed by atoms with Crippen LogP contribution in [0.5, 0.6) is 5.75 Å². The third kappa shape index (κ3) is 5.40. The lowest BCUT2D eigenvalue weighted by atomic mass is 9.78. The van der Waals surface area contributed by atoms with Crippen molar-refractivity contribution in [3.05, 3.63) is 64.2 Å². The van der Waals surface area contributed by atoms with E-state index in [2.05, 4.69) is 59.4 Å². The Kier molecular flexibility index (Phi) is 6.45. The highest BCUT2D eigenvalue weighted by Gasteiger charge is 2.27. The van der Waals surface area contributed by atoms with Crippen LogP contribution in [-0.4, -0.2) is 23.3 Å². The number of carboxylic acid groups (broad SMARTS) is 1. The summed E-state index contributed by atoms with van der Waals surface area (Å²) in [7, 11) is 1.61. The van der Waals surface area contributed by atoms with Gasteiger partial charge < -0.3 is 14.9 Å². The van der Waals surface area contributed by atoms with Crippen molar-refractivity contribution < 1.29 is 19.7 Å². The third-order valence-corrected chi connectivity index (χ3v) is 4.78. The highest BCUT2D eigenvalue weighted by Crippen LogP contribution is 2.40.